The number of hydrogen-bond donors (Lipinski definition) is 1. The summed E-state index contributed by atoms with van der Waals surface area (Å²) < 4.78 is 6.25. The normalized spacial score (nSPS) is 10.6. The molecule has 1 amide bonds. The van der Waals surface area contributed by atoms with Gasteiger partial charge >= 0.3 is 0 Å². The van der Waals surface area contributed by atoms with E-state index in [1.165, 1.54) is 11.3 Å². The molecule has 0 radical (unpaired) electrons. The second kappa shape index (κ2) is 7.38. The van der Waals surface area contributed by atoms with Gasteiger partial charge in [-0.05, 0) is 12.1 Å². The fourth-order valence-electron chi connectivity index (χ4n) is 2.46. The van der Waals surface area contributed by atoms with Gasteiger partial charge in [0.2, 0.25) is 0 Å². The summed E-state index contributed by atoms with van der Waals surface area (Å²) in [6, 6.07) is 8.22. The topological polar surface area (TPSA) is 130 Å². The Morgan fingerprint density at radius 2 is 2.19 bits per heavy atom. The van der Waals surface area contributed by atoms with Crippen molar-refractivity contribution in [2.24, 2.45) is 5.73 Å². The van der Waals surface area contributed by atoms with Gasteiger partial charge in [0, 0.05) is 17.0 Å². The number of methoxy groups -OCH3 is 1. The van der Waals surface area contributed by atoms with Crippen LogP contribution in [-0.2, 0) is 6.54 Å². The quantitative estimate of drug-likeness (QED) is 0.509. The van der Waals surface area contributed by atoms with Crippen molar-refractivity contribution < 1.29 is 14.5 Å². The van der Waals surface area contributed by atoms with E-state index in [1.807, 2.05) is 24.3 Å². The highest BCUT2D eigenvalue weighted by Gasteiger charge is 2.18. The Morgan fingerprint density at radius 3 is 2.85 bits per heavy atom. The molecule has 10 heteroatoms. The van der Waals surface area contributed by atoms with Crippen LogP contribution in [0.5, 0.6) is 5.75 Å². The first kappa shape index (κ1) is 18.3. The van der Waals surface area contributed by atoms with Gasteiger partial charge in [-0.15, -0.1) is 11.3 Å². The summed E-state index contributed by atoms with van der Waals surface area (Å²) in [6.07, 6.45) is 1.07. The molecule has 27 heavy (non-hydrogen) atoms. The van der Waals surface area contributed by atoms with E-state index in [1.54, 1.807) is 12.5 Å². The van der Waals surface area contributed by atoms with Crippen LogP contribution >= 0.6 is 11.3 Å². The van der Waals surface area contributed by atoms with E-state index in [9.17, 15) is 19.7 Å². The predicted octanol–water partition coefficient (Wildman–Crippen LogP) is 2.04. The molecule has 1 aromatic carbocycles. The van der Waals surface area contributed by atoms with Crippen molar-refractivity contribution in [3.8, 4) is 16.3 Å². The molecule has 0 saturated heterocycles. The Labute approximate surface area is 156 Å². The third-order valence-corrected chi connectivity index (χ3v) is 4.69. The first-order valence-electron chi connectivity index (χ1n) is 7.66. The van der Waals surface area contributed by atoms with Crippen LogP contribution in [-0.4, -0.2) is 27.5 Å². The van der Waals surface area contributed by atoms with Crippen molar-refractivity contribution >= 4 is 22.9 Å². The number of benzene rings is 1. The average molecular weight is 386 g/mol. The highest BCUT2D eigenvalue weighted by Crippen LogP contribution is 2.27. The van der Waals surface area contributed by atoms with Crippen LogP contribution in [0.1, 0.15) is 16.1 Å². The zero-order valence-corrected chi connectivity index (χ0v) is 14.9. The van der Waals surface area contributed by atoms with Gasteiger partial charge in [-0.3, -0.25) is 19.7 Å². The van der Waals surface area contributed by atoms with Gasteiger partial charge in [0.25, 0.3) is 17.2 Å². The molecule has 3 aromatic rings. The molecule has 0 spiro atoms. The zero-order chi connectivity index (χ0) is 19.6. The minimum absolute atomic E-state index is 0.0265. The number of pyridine rings is 1. The number of nitro groups is 1. The number of rotatable bonds is 6. The number of primary amides is 1. The highest BCUT2D eigenvalue weighted by atomic mass is 32.1. The Morgan fingerprint density at radius 1 is 1.41 bits per heavy atom. The molecule has 3 rings (SSSR count). The SMILES string of the molecule is COc1cccc(-c2nc(Cn3cc([N+](=O)[O-])cc(C(N)=O)c3=O)cs2)c1. The number of nitrogens with zero attached hydrogens (tertiary/aromatic N) is 3. The largest absolute Gasteiger partial charge is 0.497 e. The van der Waals surface area contributed by atoms with Gasteiger partial charge in [-0.2, -0.15) is 0 Å². The minimum Gasteiger partial charge on any atom is -0.497 e. The van der Waals surface area contributed by atoms with Crippen LogP contribution < -0.4 is 16.0 Å². The number of nitrogens with two attached hydrogens (primary N) is 1. The number of carbonyl (C=O) groups is 1. The molecule has 138 valence electrons. The maximum Gasteiger partial charge on any atom is 0.286 e. The van der Waals surface area contributed by atoms with E-state index < -0.39 is 27.6 Å². The van der Waals surface area contributed by atoms with Crippen molar-refractivity contribution in [2.75, 3.05) is 7.11 Å². The van der Waals surface area contributed by atoms with Gasteiger partial charge in [0.1, 0.15) is 16.3 Å². The number of thiazole rings is 1. The van der Waals surface area contributed by atoms with E-state index in [-0.39, 0.29) is 6.54 Å². The summed E-state index contributed by atoms with van der Waals surface area (Å²) in [6.45, 7) is -0.0265. The monoisotopic (exact) mass is 386 g/mol. The molecule has 2 N–H and O–H groups in total. The van der Waals surface area contributed by atoms with Crippen LogP contribution in [0.15, 0.2) is 46.7 Å². The molecule has 0 atom stereocenters. The minimum atomic E-state index is -1.02. The second-order valence-corrected chi connectivity index (χ2v) is 6.40. The predicted molar refractivity (Wildman–Crippen MR) is 99.1 cm³/mol. The van der Waals surface area contributed by atoms with Gasteiger partial charge in [0.15, 0.2) is 0 Å². The van der Waals surface area contributed by atoms with Crippen molar-refractivity contribution in [3.05, 3.63) is 73.6 Å². The molecular weight excluding hydrogens is 372 g/mol. The van der Waals surface area contributed by atoms with Crippen molar-refractivity contribution in [2.45, 2.75) is 6.54 Å². The summed E-state index contributed by atoms with van der Waals surface area (Å²) in [7, 11) is 1.57. The lowest BCUT2D eigenvalue weighted by Gasteiger charge is -2.05. The first-order valence-corrected chi connectivity index (χ1v) is 8.54. The molecule has 0 aliphatic heterocycles. The van der Waals surface area contributed by atoms with Crippen LogP contribution in [0.2, 0.25) is 0 Å². The molecule has 0 fully saturated rings. The fourth-order valence-corrected chi connectivity index (χ4v) is 3.26. The van der Waals surface area contributed by atoms with Gasteiger partial charge in [0.05, 0.1) is 30.5 Å². The third-order valence-electron chi connectivity index (χ3n) is 3.75. The zero-order valence-electron chi connectivity index (χ0n) is 14.1. The lowest BCUT2D eigenvalue weighted by molar-refractivity contribution is -0.385. The Hall–Kier alpha value is -3.53. The average Bonchev–Trinajstić information content (AvgIpc) is 3.11. The summed E-state index contributed by atoms with van der Waals surface area (Å²) in [5, 5.41) is 13.5. The molecule has 0 saturated carbocycles. The van der Waals surface area contributed by atoms with E-state index in [0.717, 1.165) is 22.4 Å². The first-order chi connectivity index (χ1) is 12.9. The summed E-state index contributed by atoms with van der Waals surface area (Å²) in [5.41, 5.74) is 4.98. The van der Waals surface area contributed by atoms with Crippen LogP contribution in [0.3, 0.4) is 0 Å². The Kier molecular flexibility index (Phi) is 4.99. The maximum absolute atomic E-state index is 12.3. The Balaban J connectivity index is 1.96. The maximum atomic E-state index is 12.3. The number of carbonyl (C=O) groups excluding carboxylic acids is 1. The number of ether oxygens (including phenoxy) is 1. The van der Waals surface area contributed by atoms with Gasteiger partial charge in [-0.1, -0.05) is 12.1 Å². The molecule has 2 heterocycles. The number of amides is 1. The second-order valence-electron chi connectivity index (χ2n) is 5.54. The van der Waals surface area contributed by atoms with Gasteiger partial charge in [-0.25, -0.2) is 4.98 Å². The standard InChI is InChI=1S/C17H14N4O5S/c1-26-13-4-2-3-10(5-13)16-19-11(9-27-16)7-20-8-12(21(24)25)6-14(15(18)22)17(20)23/h2-6,8-9H,7H2,1H3,(H2,18,22). The molecule has 0 aliphatic rings. The summed E-state index contributed by atoms with van der Waals surface area (Å²) in [5.74, 6) is -0.335. The lowest BCUT2D eigenvalue weighted by atomic mass is 10.2. The highest BCUT2D eigenvalue weighted by molar-refractivity contribution is 7.13. The molecule has 0 aliphatic carbocycles. The smallest absolute Gasteiger partial charge is 0.286 e. The van der Waals surface area contributed by atoms with E-state index in [4.69, 9.17) is 10.5 Å². The van der Waals surface area contributed by atoms with Crippen LogP contribution in [0, 0.1) is 10.1 Å². The summed E-state index contributed by atoms with van der Waals surface area (Å²) in [4.78, 5) is 38.6. The van der Waals surface area contributed by atoms with Crippen molar-refractivity contribution in [3.63, 3.8) is 0 Å². The van der Waals surface area contributed by atoms with Gasteiger partial charge < -0.3 is 15.0 Å². The molecule has 9 nitrogen and oxygen atoms in total. The molecular formula is C17H14N4O5S. The fraction of sp³-hybridized carbons (Fsp3) is 0.118. The molecule has 0 bridgehead atoms. The third kappa shape index (κ3) is 3.85. The Bertz CT molecular complexity index is 1090. The number of aromatic nitrogens is 2. The van der Waals surface area contributed by atoms with Crippen LogP contribution in [0.4, 0.5) is 5.69 Å². The molecule has 2 aromatic heterocycles. The molecule has 0 unspecified atom stereocenters. The van der Waals surface area contributed by atoms with Crippen molar-refractivity contribution in [1.82, 2.24) is 9.55 Å². The summed E-state index contributed by atoms with van der Waals surface area (Å²) >= 11 is 1.36. The van der Waals surface area contributed by atoms with E-state index in [0.29, 0.717) is 16.5 Å². The van der Waals surface area contributed by atoms with E-state index in [2.05, 4.69) is 4.98 Å². The van der Waals surface area contributed by atoms with Crippen LogP contribution in [0.25, 0.3) is 10.6 Å². The lowest BCUT2D eigenvalue weighted by Crippen LogP contribution is -2.30. The van der Waals surface area contributed by atoms with E-state index >= 15 is 0 Å². The van der Waals surface area contributed by atoms with Crippen molar-refractivity contribution in [1.29, 1.82) is 0 Å². The number of hydrogen-bond acceptors (Lipinski definition) is 7.